The number of halogens is 1. The smallest absolute Gasteiger partial charge is 0.355 e. The third kappa shape index (κ3) is 4.02. The summed E-state index contributed by atoms with van der Waals surface area (Å²) < 4.78 is 9.47. The molecule has 0 aliphatic carbocycles. The van der Waals surface area contributed by atoms with Crippen molar-refractivity contribution in [2.45, 2.75) is 32.6 Å². The topological polar surface area (TPSA) is 118 Å². The van der Waals surface area contributed by atoms with Gasteiger partial charge in [-0.3, -0.25) is 14.9 Å². The van der Waals surface area contributed by atoms with Gasteiger partial charge in [-0.2, -0.15) is 4.40 Å². The molecule has 0 spiro atoms. The Bertz CT molecular complexity index is 1360. The van der Waals surface area contributed by atoms with E-state index in [0.717, 1.165) is 10.5 Å². The highest BCUT2D eigenvalue weighted by atomic mass is 127. The molecule has 0 radical (unpaired) electrons. The van der Waals surface area contributed by atoms with Crippen molar-refractivity contribution < 1.29 is 52.9 Å². The van der Waals surface area contributed by atoms with E-state index in [-0.39, 0.29) is 59.8 Å². The normalized spacial score (nSPS) is 22.0. The van der Waals surface area contributed by atoms with Crippen molar-refractivity contribution >= 4 is 39.3 Å². The number of amides is 1. The van der Waals surface area contributed by atoms with E-state index < -0.39 is 22.9 Å². The van der Waals surface area contributed by atoms with E-state index in [2.05, 4.69) is 0 Å². The standard InChI is InChI=1S/C23H23N4O6S.HI/c1-12-18(16-10-34-17-8-24(3)11-25(16)17)21(26-20(12)19(13(2)28)22(26)29)23(30)33-9-14-4-6-15(7-5-14)27(31)32;/h4-8,10-13,19-20,28H,9H2,1-3H3;1H/q+1;/p-1/t12-,13+,19+,20+;/m0./s1. The first-order valence-corrected chi connectivity index (χ1v) is 11.7. The molecule has 1 N–H and O–H groups in total. The van der Waals surface area contributed by atoms with Gasteiger partial charge in [0.2, 0.25) is 17.1 Å². The largest absolute Gasteiger partial charge is 1.00 e. The van der Waals surface area contributed by atoms with Gasteiger partial charge < -0.3 is 38.7 Å². The van der Waals surface area contributed by atoms with Gasteiger partial charge in [-0.1, -0.05) is 18.3 Å². The van der Waals surface area contributed by atoms with Crippen molar-refractivity contribution in [1.29, 1.82) is 0 Å². The number of hydrogen-bond donors (Lipinski definition) is 1. The first-order chi connectivity index (χ1) is 16.2. The molecule has 1 aromatic carbocycles. The molecule has 2 aliphatic heterocycles. The van der Waals surface area contributed by atoms with Gasteiger partial charge in [0.25, 0.3) is 5.69 Å². The number of aryl methyl sites for hydroxylation is 1. The monoisotopic (exact) mass is 610 g/mol. The number of hydrogen-bond acceptors (Lipinski definition) is 7. The fraction of sp³-hybridized carbons (Fsp3) is 0.348. The van der Waals surface area contributed by atoms with Gasteiger partial charge in [-0.15, -0.1) is 0 Å². The number of thiazole rings is 1. The molecule has 1 saturated heterocycles. The summed E-state index contributed by atoms with van der Waals surface area (Å²) in [5.74, 6) is -1.71. The van der Waals surface area contributed by atoms with Crippen LogP contribution in [0.15, 0.2) is 47.9 Å². The van der Waals surface area contributed by atoms with Crippen LogP contribution in [0, 0.1) is 22.0 Å². The van der Waals surface area contributed by atoms with Crippen LogP contribution in [-0.2, 0) is 28.0 Å². The second kappa shape index (κ2) is 9.32. The molecule has 5 rings (SSSR count). The number of carbonyl (C=O) groups excluding carboxylic acids is 2. The highest BCUT2D eigenvalue weighted by Gasteiger charge is 2.61. The zero-order chi connectivity index (χ0) is 24.3. The lowest BCUT2D eigenvalue weighted by molar-refractivity contribution is -0.669. The lowest BCUT2D eigenvalue weighted by atomic mass is 9.77. The molecule has 0 unspecified atom stereocenters. The van der Waals surface area contributed by atoms with E-state index in [1.54, 1.807) is 6.92 Å². The Labute approximate surface area is 221 Å². The number of aliphatic hydroxyl groups excluding tert-OH is 1. The molecular formula is C23H23IN4O6S. The number of β-lactam (4-membered cyclic amide) rings is 1. The van der Waals surface area contributed by atoms with Crippen LogP contribution < -0.4 is 28.5 Å². The van der Waals surface area contributed by atoms with Crippen LogP contribution in [0.5, 0.6) is 0 Å². The summed E-state index contributed by atoms with van der Waals surface area (Å²) in [6, 6.07) is 5.43. The molecule has 35 heavy (non-hydrogen) atoms. The van der Waals surface area contributed by atoms with Gasteiger partial charge in [0.05, 0.1) is 30.0 Å². The van der Waals surface area contributed by atoms with Gasteiger partial charge in [-0.25, -0.2) is 9.36 Å². The molecule has 0 bridgehead atoms. The number of imidazole rings is 1. The number of nitro groups is 1. The zero-order valence-electron chi connectivity index (χ0n) is 19.1. The lowest BCUT2D eigenvalue weighted by Gasteiger charge is -2.46. The Kier molecular flexibility index (Phi) is 6.72. The Morgan fingerprint density at radius 1 is 1.34 bits per heavy atom. The number of benzene rings is 1. The Hall–Kier alpha value is -2.84. The number of fused-ring (bicyclic) bond motifs is 2. The molecule has 2 aromatic heterocycles. The molecule has 3 aromatic rings. The number of aromatic nitrogens is 2. The van der Waals surface area contributed by atoms with Crippen LogP contribution in [-0.4, -0.2) is 43.4 Å². The lowest BCUT2D eigenvalue weighted by Crippen LogP contribution is -3.00. The fourth-order valence-electron chi connectivity index (χ4n) is 4.97. The average Bonchev–Trinajstić information content (AvgIpc) is 3.41. The van der Waals surface area contributed by atoms with Gasteiger partial charge in [0.1, 0.15) is 24.2 Å². The number of carbonyl (C=O) groups is 2. The van der Waals surface area contributed by atoms with Crippen LogP contribution in [0.4, 0.5) is 5.69 Å². The summed E-state index contributed by atoms with van der Waals surface area (Å²) >= 11 is 1.53. The molecule has 12 heteroatoms. The van der Waals surface area contributed by atoms with Crippen molar-refractivity contribution in [2.24, 2.45) is 18.9 Å². The summed E-state index contributed by atoms with van der Waals surface area (Å²) in [7, 11) is 1.91. The van der Waals surface area contributed by atoms with Gasteiger partial charge >= 0.3 is 5.97 Å². The number of nitro benzene ring substituents is 1. The summed E-state index contributed by atoms with van der Waals surface area (Å²) in [5, 5.41) is 23.0. The third-order valence-electron chi connectivity index (χ3n) is 6.56. The Morgan fingerprint density at radius 3 is 2.66 bits per heavy atom. The van der Waals surface area contributed by atoms with Crippen LogP contribution >= 0.6 is 11.3 Å². The van der Waals surface area contributed by atoms with Crippen molar-refractivity contribution in [3.8, 4) is 0 Å². The van der Waals surface area contributed by atoms with Crippen molar-refractivity contribution in [2.75, 3.05) is 0 Å². The number of ether oxygens (including phenoxy) is 1. The fourth-order valence-corrected chi connectivity index (χ4v) is 5.93. The predicted octanol–water partition coefficient (Wildman–Crippen LogP) is -0.950. The SMILES string of the molecule is C[C@@H](O)[C@H]1C(=O)N2C(C(=O)OCc3ccc([N+](=O)[O-])cc3)=C(c3csc4c[n+](C)cn34)[C@H](C)[C@H]12.[I-]. The number of non-ortho nitro benzene ring substituents is 1. The summed E-state index contributed by atoms with van der Waals surface area (Å²) in [6.07, 6.45) is 3.05. The molecule has 4 atom stereocenters. The molecule has 1 fully saturated rings. The van der Waals surface area contributed by atoms with E-state index in [4.69, 9.17) is 4.74 Å². The number of rotatable bonds is 6. The van der Waals surface area contributed by atoms with Crippen molar-refractivity contribution in [1.82, 2.24) is 9.30 Å². The highest BCUT2D eigenvalue weighted by Crippen LogP contribution is 2.51. The van der Waals surface area contributed by atoms with E-state index in [0.29, 0.717) is 11.1 Å². The maximum Gasteiger partial charge on any atom is 0.355 e. The minimum absolute atomic E-state index is 0. The maximum absolute atomic E-state index is 13.3. The average molecular weight is 610 g/mol. The quantitative estimate of drug-likeness (QED) is 0.0961. The van der Waals surface area contributed by atoms with Gasteiger partial charge in [-0.05, 0) is 24.6 Å². The first kappa shape index (κ1) is 25.3. The van der Waals surface area contributed by atoms with Gasteiger partial charge in [0.15, 0.2) is 0 Å². The molecule has 4 heterocycles. The Balaban J connectivity index is 0.00000289. The van der Waals surface area contributed by atoms with Crippen LogP contribution in [0.1, 0.15) is 25.1 Å². The molecule has 1 amide bonds. The molecule has 0 saturated carbocycles. The first-order valence-electron chi connectivity index (χ1n) is 10.8. The molecular weight excluding hydrogens is 587 g/mol. The van der Waals surface area contributed by atoms with E-state index in [1.807, 2.05) is 40.8 Å². The molecule has 2 aliphatic rings. The number of aliphatic hydroxyl groups is 1. The molecule has 10 nitrogen and oxygen atoms in total. The van der Waals surface area contributed by atoms with Crippen LogP contribution in [0.2, 0.25) is 0 Å². The Morgan fingerprint density at radius 2 is 2.03 bits per heavy atom. The van der Waals surface area contributed by atoms with Crippen molar-refractivity contribution in [3.05, 3.63) is 69.2 Å². The zero-order valence-corrected chi connectivity index (χ0v) is 22.1. The predicted molar refractivity (Wildman–Crippen MR) is 121 cm³/mol. The summed E-state index contributed by atoms with van der Waals surface area (Å²) in [4.78, 5) is 39.1. The second-order valence-electron chi connectivity index (χ2n) is 8.76. The minimum atomic E-state index is -0.834. The number of esters is 1. The van der Waals surface area contributed by atoms with E-state index >= 15 is 0 Å². The van der Waals surface area contributed by atoms with Crippen LogP contribution in [0.25, 0.3) is 10.4 Å². The number of nitrogens with zero attached hydrogens (tertiary/aromatic N) is 4. The summed E-state index contributed by atoms with van der Waals surface area (Å²) in [5.41, 5.74) is 2.25. The minimum Gasteiger partial charge on any atom is -1.00 e. The third-order valence-corrected chi connectivity index (χ3v) is 7.44. The van der Waals surface area contributed by atoms with Crippen LogP contribution in [0.3, 0.4) is 0 Å². The maximum atomic E-state index is 13.3. The highest BCUT2D eigenvalue weighted by molar-refractivity contribution is 7.15. The second-order valence-corrected chi connectivity index (χ2v) is 9.64. The van der Waals surface area contributed by atoms with E-state index in [9.17, 15) is 24.8 Å². The van der Waals surface area contributed by atoms with Crippen molar-refractivity contribution in [3.63, 3.8) is 0 Å². The molecule has 184 valence electrons. The summed E-state index contributed by atoms with van der Waals surface area (Å²) in [6.45, 7) is 3.45. The van der Waals surface area contributed by atoms with Gasteiger partial charge in [0, 0.05) is 29.0 Å². The van der Waals surface area contributed by atoms with E-state index in [1.165, 1.54) is 40.5 Å².